The zero-order chi connectivity index (χ0) is 22.9. The molecule has 7 nitrogen and oxygen atoms in total. The number of carbonyl (C=O) groups excluding carboxylic acids is 1. The van der Waals surface area contributed by atoms with Crippen molar-refractivity contribution in [3.63, 3.8) is 0 Å². The fraction of sp³-hybridized carbons (Fsp3) is 0.409. The van der Waals surface area contributed by atoms with Crippen molar-refractivity contribution in [2.45, 2.75) is 45.8 Å². The molecule has 0 spiro atoms. The van der Waals surface area contributed by atoms with E-state index in [0.29, 0.717) is 12.7 Å². The molecule has 0 aliphatic carbocycles. The first-order valence-electron chi connectivity index (χ1n) is 9.97. The monoisotopic (exact) mass is 432 g/mol. The molecule has 0 fully saturated rings. The molecule has 2 heterocycles. The Morgan fingerprint density at radius 3 is 2.52 bits per heavy atom. The predicted molar refractivity (Wildman–Crippen MR) is 114 cm³/mol. The summed E-state index contributed by atoms with van der Waals surface area (Å²) in [7, 11) is 1.67. The van der Waals surface area contributed by atoms with Gasteiger partial charge in [0.05, 0.1) is 23.4 Å². The molecule has 2 aromatic heterocycles. The van der Waals surface area contributed by atoms with E-state index in [1.165, 1.54) is 10.6 Å². The molecule has 2 atom stereocenters. The average Bonchev–Trinajstić information content (AvgIpc) is 3.10. The van der Waals surface area contributed by atoms with Gasteiger partial charge in [-0.25, -0.2) is 4.68 Å². The SMILES string of the molecule is CC(C)[C@H](NC(=O)C(C)(F)F)[C@@H](C)Oc1ccc2c(cnn2-c2ccc(=O)n(C)c2)c1. The quantitative estimate of drug-likeness (QED) is 0.622. The molecule has 0 radical (unpaired) electrons. The summed E-state index contributed by atoms with van der Waals surface area (Å²) in [5.74, 6) is -4.36. The van der Waals surface area contributed by atoms with Crippen LogP contribution >= 0.6 is 0 Å². The van der Waals surface area contributed by atoms with Gasteiger partial charge in [-0.3, -0.25) is 9.59 Å². The van der Waals surface area contributed by atoms with E-state index in [-0.39, 0.29) is 11.5 Å². The Balaban J connectivity index is 1.82. The maximum Gasteiger partial charge on any atom is 0.321 e. The summed E-state index contributed by atoms with van der Waals surface area (Å²) in [6, 6.07) is 7.96. The third-order valence-electron chi connectivity index (χ3n) is 5.10. The molecule has 1 amide bonds. The Bertz CT molecular complexity index is 1150. The van der Waals surface area contributed by atoms with Gasteiger partial charge in [-0.05, 0) is 37.1 Å². The number of alkyl halides is 2. The van der Waals surface area contributed by atoms with Crippen LogP contribution in [0.25, 0.3) is 16.6 Å². The van der Waals surface area contributed by atoms with Crippen LogP contribution < -0.4 is 15.6 Å². The second kappa shape index (κ2) is 8.49. The summed E-state index contributed by atoms with van der Waals surface area (Å²) < 4.78 is 35.8. The Hall–Kier alpha value is -3.23. The second-order valence-electron chi connectivity index (χ2n) is 8.07. The van der Waals surface area contributed by atoms with E-state index < -0.39 is 24.0 Å². The first-order chi connectivity index (χ1) is 14.5. The van der Waals surface area contributed by atoms with Crippen molar-refractivity contribution in [3.05, 3.63) is 53.1 Å². The Labute approximate surface area is 178 Å². The molecule has 3 aromatic rings. The summed E-state index contributed by atoms with van der Waals surface area (Å²) in [4.78, 5) is 23.4. The van der Waals surface area contributed by atoms with Crippen LogP contribution in [0.2, 0.25) is 0 Å². The van der Waals surface area contributed by atoms with E-state index in [9.17, 15) is 18.4 Å². The molecule has 1 N–H and O–H groups in total. The lowest BCUT2D eigenvalue weighted by Crippen LogP contribution is -2.52. The molecular formula is C22H26F2N4O3. The standard InChI is InChI=1S/C22H26F2N4O3/c1-13(2)20(26-21(30)22(4,23)24)14(3)31-17-7-8-18-15(10-17)11-25-28(18)16-6-9-19(29)27(5)12-16/h6-14,20H,1-5H3,(H,26,30)/t14-,20+/m1/s1. The molecule has 0 saturated carbocycles. The van der Waals surface area contributed by atoms with Crippen LogP contribution in [-0.4, -0.2) is 38.3 Å². The second-order valence-corrected chi connectivity index (χ2v) is 8.07. The molecule has 0 saturated heterocycles. The number of nitrogens with one attached hydrogen (secondary N) is 1. The number of fused-ring (bicyclic) bond motifs is 1. The van der Waals surface area contributed by atoms with E-state index in [1.807, 2.05) is 19.9 Å². The van der Waals surface area contributed by atoms with Gasteiger partial charge in [-0.15, -0.1) is 0 Å². The zero-order valence-corrected chi connectivity index (χ0v) is 18.1. The highest BCUT2D eigenvalue weighted by Crippen LogP contribution is 2.25. The number of carbonyl (C=O) groups is 1. The predicted octanol–water partition coefficient (Wildman–Crippen LogP) is 3.29. The lowest BCUT2D eigenvalue weighted by atomic mass is 9.99. The largest absolute Gasteiger partial charge is 0.489 e. The first kappa shape index (κ1) is 22.5. The number of benzene rings is 1. The summed E-state index contributed by atoms with van der Waals surface area (Å²) >= 11 is 0. The van der Waals surface area contributed by atoms with E-state index in [1.54, 1.807) is 49.2 Å². The van der Waals surface area contributed by atoms with Gasteiger partial charge in [-0.1, -0.05) is 13.8 Å². The minimum Gasteiger partial charge on any atom is -0.489 e. The molecule has 0 bridgehead atoms. The van der Waals surface area contributed by atoms with E-state index in [4.69, 9.17) is 4.74 Å². The fourth-order valence-electron chi connectivity index (χ4n) is 3.39. The van der Waals surface area contributed by atoms with Crippen LogP contribution in [0.1, 0.15) is 27.7 Å². The molecule has 0 aliphatic heterocycles. The van der Waals surface area contributed by atoms with Crippen molar-refractivity contribution in [3.8, 4) is 11.4 Å². The van der Waals surface area contributed by atoms with E-state index in [2.05, 4.69) is 10.4 Å². The van der Waals surface area contributed by atoms with Crippen molar-refractivity contribution < 1.29 is 18.3 Å². The van der Waals surface area contributed by atoms with Crippen LogP contribution in [-0.2, 0) is 11.8 Å². The first-order valence-corrected chi connectivity index (χ1v) is 9.97. The third kappa shape index (κ3) is 4.92. The van der Waals surface area contributed by atoms with E-state index >= 15 is 0 Å². The normalized spacial score (nSPS) is 13.9. The van der Waals surface area contributed by atoms with Gasteiger partial charge in [0, 0.05) is 31.6 Å². The van der Waals surface area contributed by atoms with Crippen LogP contribution in [0.3, 0.4) is 0 Å². The number of nitrogens with zero attached hydrogens (tertiary/aromatic N) is 3. The number of aryl methyl sites for hydroxylation is 1. The van der Waals surface area contributed by atoms with Crippen LogP contribution in [0.15, 0.2) is 47.5 Å². The summed E-state index contributed by atoms with van der Waals surface area (Å²) in [5.41, 5.74) is 1.44. The van der Waals surface area contributed by atoms with Gasteiger partial charge in [-0.2, -0.15) is 13.9 Å². The molecule has 31 heavy (non-hydrogen) atoms. The van der Waals surface area contributed by atoms with Crippen molar-refractivity contribution >= 4 is 16.8 Å². The van der Waals surface area contributed by atoms with Crippen LogP contribution in [0, 0.1) is 5.92 Å². The number of pyridine rings is 1. The lowest BCUT2D eigenvalue weighted by molar-refractivity contribution is -0.144. The lowest BCUT2D eigenvalue weighted by Gasteiger charge is -2.30. The molecule has 9 heteroatoms. The Morgan fingerprint density at radius 2 is 1.90 bits per heavy atom. The maximum absolute atomic E-state index is 13.3. The summed E-state index contributed by atoms with van der Waals surface area (Å²) in [5, 5.41) is 7.59. The average molecular weight is 432 g/mol. The van der Waals surface area contributed by atoms with Gasteiger partial charge in [0.2, 0.25) is 5.56 Å². The van der Waals surface area contributed by atoms with E-state index in [0.717, 1.165) is 16.6 Å². The number of amides is 1. The Morgan fingerprint density at radius 1 is 1.19 bits per heavy atom. The summed E-state index contributed by atoms with van der Waals surface area (Å²) in [6.45, 7) is 5.97. The zero-order valence-electron chi connectivity index (χ0n) is 18.1. The summed E-state index contributed by atoms with van der Waals surface area (Å²) in [6.07, 6.45) is 2.83. The minimum absolute atomic E-state index is 0.113. The van der Waals surface area contributed by atoms with Crippen molar-refractivity contribution in [1.82, 2.24) is 19.7 Å². The minimum atomic E-state index is -3.46. The van der Waals surface area contributed by atoms with Crippen LogP contribution in [0.4, 0.5) is 8.78 Å². The maximum atomic E-state index is 13.3. The van der Waals surface area contributed by atoms with Gasteiger partial charge in [0.1, 0.15) is 11.9 Å². The van der Waals surface area contributed by atoms with Crippen molar-refractivity contribution in [2.24, 2.45) is 13.0 Å². The van der Waals surface area contributed by atoms with Gasteiger partial charge in [0.15, 0.2) is 0 Å². The topological polar surface area (TPSA) is 78.2 Å². The highest BCUT2D eigenvalue weighted by molar-refractivity contribution is 5.83. The van der Waals surface area contributed by atoms with Crippen molar-refractivity contribution in [1.29, 1.82) is 0 Å². The molecule has 3 rings (SSSR count). The molecular weight excluding hydrogens is 406 g/mol. The number of rotatable bonds is 7. The molecule has 0 aliphatic rings. The van der Waals surface area contributed by atoms with Gasteiger partial charge < -0.3 is 14.6 Å². The van der Waals surface area contributed by atoms with Gasteiger partial charge >= 0.3 is 5.92 Å². The number of ether oxygens (including phenoxy) is 1. The number of hydrogen-bond donors (Lipinski definition) is 1. The molecule has 166 valence electrons. The number of aromatic nitrogens is 3. The number of halogens is 2. The Kier molecular flexibility index (Phi) is 6.15. The van der Waals surface area contributed by atoms with Crippen molar-refractivity contribution in [2.75, 3.05) is 0 Å². The molecule has 1 aromatic carbocycles. The fourth-order valence-corrected chi connectivity index (χ4v) is 3.39. The highest BCUT2D eigenvalue weighted by atomic mass is 19.3. The van der Waals surface area contributed by atoms with Crippen LogP contribution in [0.5, 0.6) is 5.75 Å². The molecule has 0 unspecified atom stereocenters. The number of hydrogen-bond acceptors (Lipinski definition) is 4. The smallest absolute Gasteiger partial charge is 0.321 e. The third-order valence-corrected chi connectivity index (χ3v) is 5.10. The highest BCUT2D eigenvalue weighted by Gasteiger charge is 2.36. The van der Waals surface area contributed by atoms with Gasteiger partial charge in [0.25, 0.3) is 5.91 Å².